The molecule has 2 aromatic rings. The van der Waals surface area contributed by atoms with E-state index >= 15 is 0 Å². The van der Waals surface area contributed by atoms with Crippen molar-refractivity contribution in [3.8, 4) is 11.1 Å². The molecule has 160 valence electrons. The molecule has 0 aromatic heterocycles. The van der Waals surface area contributed by atoms with Crippen LogP contribution in [0.3, 0.4) is 0 Å². The predicted octanol–water partition coefficient (Wildman–Crippen LogP) is 4.32. The summed E-state index contributed by atoms with van der Waals surface area (Å²) in [5.41, 5.74) is 10.4. The van der Waals surface area contributed by atoms with Crippen molar-refractivity contribution in [3.05, 3.63) is 58.4 Å². The fraction of sp³-hybridized carbons (Fsp3) is 0.333. The summed E-state index contributed by atoms with van der Waals surface area (Å²) in [6.07, 6.45) is 1.75. The summed E-state index contributed by atoms with van der Waals surface area (Å²) in [5.74, 6) is -1.24. The standard InChI is InChI=1S/C24H30FN3O2/c1-13(2)27-19-7-8-20(22(25)12-19)21-11-14(3)18(9-15(21)4)10-16(5)24(30)28-17(6)23(26)29/h7-13,17,27H,1-6H3,(H2,26,29)(H,28,30)/b16-10+/t17-/m1/s1. The lowest BCUT2D eigenvalue weighted by molar-refractivity contribution is -0.124. The Balaban J connectivity index is 2.34. The first-order chi connectivity index (χ1) is 14.0. The first-order valence-corrected chi connectivity index (χ1v) is 9.95. The maximum atomic E-state index is 14.8. The third-order valence-corrected chi connectivity index (χ3v) is 4.83. The van der Waals surface area contributed by atoms with Crippen molar-refractivity contribution >= 4 is 23.6 Å². The first-order valence-electron chi connectivity index (χ1n) is 9.95. The van der Waals surface area contributed by atoms with Crippen molar-refractivity contribution in [3.63, 3.8) is 0 Å². The van der Waals surface area contributed by atoms with Crippen LogP contribution in [0.5, 0.6) is 0 Å². The van der Waals surface area contributed by atoms with Gasteiger partial charge < -0.3 is 16.4 Å². The van der Waals surface area contributed by atoms with Gasteiger partial charge in [0.2, 0.25) is 11.8 Å². The number of nitrogens with one attached hydrogen (secondary N) is 2. The number of halogens is 1. The minimum Gasteiger partial charge on any atom is -0.383 e. The molecule has 5 nitrogen and oxygen atoms in total. The fourth-order valence-corrected chi connectivity index (χ4v) is 3.12. The van der Waals surface area contributed by atoms with Gasteiger partial charge in [-0.2, -0.15) is 0 Å². The molecule has 0 saturated heterocycles. The monoisotopic (exact) mass is 411 g/mol. The molecule has 0 radical (unpaired) electrons. The normalized spacial score (nSPS) is 12.6. The largest absolute Gasteiger partial charge is 0.383 e. The molecule has 0 saturated carbocycles. The number of nitrogens with two attached hydrogens (primary N) is 1. The molecule has 2 aromatic carbocycles. The molecule has 30 heavy (non-hydrogen) atoms. The van der Waals surface area contributed by atoms with E-state index in [0.717, 1.165) is 27.9 Å². The second kappa shape index (κ2) is 9.57. The van der Waals surface area contributed by atoms with Crippen molar-refractivity contribution in [2.24, 2.45) is 5.73 Å². The summed E-state index contributed by atoms with van der Waals surface area (Å²) in [7, 11) is 0. The molecule has 4 N–H and O–H groups in total. The van der Waals surface area contributed by atoms with E-state index in [-0.39, 0.29) is 17.8 Å². The van der Waals surface area contributed by atoms with E-state index in [1.165, 1.54) is 13.0 Å². The maximum absolute atomic E-state index is 14.8. The Morgan fingerprint density at radius 1 is 1.03 bits per heavy atom. The van der Waals surface area contributed by atoms with Crippen LogP contribution in [0.4, 0.5) is 10.1 Å². The van der Waals surface area contributed by atoms with Crippen LogP contribution in [0.2, 0.25) is 0 Å². The lowest BCUT2D eigenvalue weighted by Crippen LogP contribution is -2.42. The number of anilines is 1. The number of amides is 2. The van der Waals surface area contributed by atoms with Gasteiger partial charge in [0.15, 0.2) is 0 Å². The summed E-state index contributed by atoms with van der Waals surface area (Å²) < 4.78 is 14.8. The summed E-state index contributed by atoms with van der Waals surface area (Å²) >= 11 is 0. The smallest absolute Gasteiger partial charge is 0.247 e. The minimum absolute atomic E-state index is 0.219. The van der Waals surface area contributed by atoms with Crippen molar-refractivity contribution in [2.45, 2.75) is 53.6 Å². The number of primary amides is 1. The SMILES string of the molecule is C/C(=C\c1cc(C)c(-c2ccc(NC(C)C)cc2F)cc1C)C(=O)N[C@H](C)C(N)=O. The van der Waals surface area contributed by atoms with Gasteiger partial charge in [0, 0.05) is 22.9 Å². The molecule has 1 atom stereocenters. The Hall–Kier alpha value is -3.15. The molecular weight excluding hydrogens is 381 g/mol. The summed E-state index contributed by atoms with van der Waals surface area (Å²) in [6, 6.07) is 8.48. The highest BCUT2D eigenvalue weighted by Gasteiger charge is 2.15. The van der Waals surface area contributed by atoms with E-state index in [2.05, 4.69) is 10.6 Å². The molecule has 6 heteroatoms. The van der Waals surface area contributed by atoms with Gasteiger partial charge in [-0.25, -0.2) is 4.39 Å². The van der Waals surface area contributed by atoms with Gasteiger partial charge in [-0.15, -0.1) is 0 Å². The van der Waals surface area contributed by atoms with Gasteiger partial charge in [0.1, 0.15) is 11.9 Å². The zero-order valence-corrected chi connectivity index (χ0v) is 18.4. The first kappa shape index (κ1) is 23.1. The molecule has 0 unspecified atom stereocenters. The number of carbonyl (C=O) groups is 2. The van der Waals surface area contributed by atoms with Crippen LogP contribution >= 0.6 is 0 Å². The van der Waals surface area contributed by atoms with E-state index in [1.54, 1.807) is 19.1 Å². The average molecular weight is 412 g/mol. The second-order valence-electron chi connectivity index (χ2n) is 7.94. The number of hydrogen-bond donors (Lipinski definition) is 3. The Bertz CT molecular complexity index is 996. The van der Waals surface area contributed by atoms with Gasteiger partial charge in [0.25, 0.3) is 0 Å². The molecular formula is C24H30FN3O2. The Morgan fingerprint density at radius 3 is 2.27 bits per heavy atom. The highest BCUT2D eigenvalue weighted by molar-refractivity contribution is 5.99. The van der Waals surface area contributed by atoms with Crippen LogP contribution in [-0.2, 0) is 9.59 Å². The van der Waals surface area contributed by atoms with E-state index in [4.69, 9.17) is 5.73 Å². The van der Waals surface area contributed by atoms with Gasteiger partial charge in [-0.3, -0.25) is 9.59 Å². The lowest BCUT2D eigenvalue weighted by Gasteiger charge is -2.15. The number of rotatable bonds is 7. The third-order valence-electron chi connectivity index (χ3n) is 4.83. The molecule has 0 aliphatic rings. The zero-order valence-electron chi connectivity index (χ0n) is 18.4. The fourth-order valence-electron chi connectivity index (χ4n) is 3.12. The summed E-state index contributed by atoms with van der Waals surface area (Å²) in [6.45, 7) is 11.0. The molecule has 0 aliphatic carbocycles. The van der Waals surface area contributed by atoms with Crippen LogP contribution in [-0.4, -0.2) is 23.9 Å². The van der Waals surface area contributed by atoms with Crippen molar-refractivity contribution in [2.75, 3.05) is 5.32 Å². The summed E-state index contributed by atoms with van der Waals surface area (Å²) in [4.78, 5) is 23.4. The van der Waals surface area contributed by atoms with Crippen LogP contribution in [0.25, 0.3) is 17.2 Å². The van der Waals surface area contributed by atoms with Crippen molar-refractivity contribution < 1.29 is 14.0 Å². The number of benzene rings is 2. The maximum Gasteiger partial charge on any atom is 0.247 e. The molecule has 0 bridgehead atoms. The topological polar surface area (TPSA) is 84.2 Å². The highest BCUT2D eigenvalue weighted by atomic mass is 19.1. The predicted molar refractivity (Wildman–Crippen MR) is 121 cm³/mol. The van der Waals surface area contributed by atoms with E-state index in [9.17, 15) is 14.0 Å². The van der Waals surface area contributed by atoms with Gasteiger partial charge >= 0.3 is 0 Å². The van der Waals surface area contributed by atoms with Crippen LogP contribution < -0.4 is 16.4 Å². The molecule has 0 spiro atoms. The number of carbonyl (C=O) groups excluding carboxylic acids is 2. The van der Waals surface area contributed by atoms with Crippen molar-refractivity contribution in [1.82, 2.24) is 5.32 Å². The zero-order chi connectivity index (χ0) is 22.6. The van der Waals surface area contributed by atoms with Gasteiger partial charge in [0.05, 0.1) is 0 Å². The van der Waals surface area contributed by atoms with Crippen LogP contribution in [0.15, 0.2) is 35.9 Å². The number of hydrogen-bond acceptors (Lipinski definition) is 3. The Morgan fingerprint density at radius 2 is 1.70 bits per heavy atom. The minimum atomic E-state index is -0.748. The number of aryl methyl sites for hydroxylation is 2. The quantitative estimate of drug-likeness (QED) is 0.593. The van der Waals surface area contributed by atoms with Crippen LogP contribution in [0, 0.1) is 19.7 Å². The molecule has 2 rings (SSSR count). The van der Waals surface area contributed by atoms with Crippen LogP contribution in [0.1, 0.15) is 44.4 Å². The van der Waals surface area contributed by atoms with Gasteiger partial charge in [-0.05, 0) is 88.1 Å². The second-order valence-corrected chi connectivity index (χ2v) is 7.94. The summed E-state index contributed by atoms with van der Waals surface area (Å²) in [5, 5.41) is 5.76. The Kier molecular flexibility index (Phi) is 7.38. The molecule has 0 fully saturated rings. The van der Waals surface area contributed by atoms with E-state index < -0.39 is 11.9 Å². The third kappa shape index (κ3) is 5.69. The molecule has 2 amide bonds. The van der Waals surface area contributed by atoms with E-state index in [0.29, 0.717) is 11.1 Å². The van der Waals surface area contributed by atoms with Gasteiger partial charge in [-0.1, -0.05) is 12.1 Å². The molecule has 0 heterocycles. The lowest BCUT2D eigenvalue weighted by atomic mass is 9.93. The van der Waals surface area contributed by atoms with E-state index in [1.807, 2.05) is 45.9 Å². The van der Waals surface area contributed by atoms with Crippen molar-refractivity contribution in [1.29, 1.82) is 0 Å². The molecule has 0 aliphatic heterocycles. The Labute approximate surface area is 177 Å². The highest BCUT2D eigenvalue weighted by Crippen LogP contribution is 2.31. The average Bonchev–Trinajstić information content (AvgIpc) is 2.64.